The summed E-state index contributed by atoms with van der Waals surface area (Å²) >= 11 is 0.709. The topological polar surface area (TPSA) is 110 Å². The second-order valence-corrected chi connectivity index (χ2v) is 5.59. The number of carboxylic acid groups (broad SMARTS) is 1. The van der Waals surface area contributed by atoms with E-state index in [9.17, 15) is 19.2 Å². The molecule has 9 heteroatoms. The Bertz CT molecular complexity index is 728. The SMILES string of the molecule is COC(=O)CN1C(=O)S/C(=C\c2cccc(OCC(=O)O)c2)C1=O. The molecule has 2 rings (SSSR count). The van der Waals surface area contributed by atoms with Gasteiger partial charge >= 0.3 is 11.9 Å². The fourth-order valence-electron chi connectivity index (χ4n) is 1.82. The van der Waals surface area contributed by atoms with Crippen molar-refractivity contribution in [2.75, 3.05) is 20.3 Å². The van der Waals surface area contributed by atoms with Crippen molar-refractivity contribution in [1.82, 2.24) is 4.90 Å². The summed E-state index contributed by atoms with van der Waals surface area (Å²) in [6.07, 6.45) is 1.47. The standard InChI is InChI=1S/C15H13NO7S/c1-22-13(19)7-16-14(20)11(24-15(16)21)6-9-3-2-4-10(5-9)23-8-12(17)18/h2-6H,7-8H2,1H3,(H,17,18)/b11-6-. The largest absolute Gasteiger partial charge is 0.482 e. The fraction of sp³-hybridized carbons (Fsp3) is 0.200. The highest BCUT2D eigenvalue weighted by Crippen LogP contribution is 2.32. The van der Waals surface area contributed by atoms with Gasteiger partial charge in [0, 0.05) is 0 Å². The van der Waals surface area contributed by atoms with E-state index in [4.69, 9.17) is 9.84 Å². The molecule has 0 bridgehead atoms. The number of hydrogen-bond acceptors (Lipinski definition) is 7. The third-order valence-electron chi connectivity index (χ3n) is 2.91. The normalized spacial score (nSPS) is 15.7. The number of thioether (sulfide) groups is 1. The highest BCUT2D eigenvalue weighted by atomic mass is 32.2. The highest BCUT2D eigenvalue weighted by molar-refractivity contribution is 8.18. The zero-order valence-corrected chi connectivity index (χ0v) is 13.4. The Morgan fingerprint density at radius 3 is 2.75 bits per heavy atom. The average molecular weight is 351 g/mol. The van der Waals surface area contributed by atoms with Gasteiger partial charge in [-0.15, -0.1) is 0 Å². The summed E-state index contributed by atoms with van der Waals surface area (Å²) < 4.78 is 9.50. The number of ether oxygens (including phenoxy) is 2. The number of benzene rings is 1. The number of carbonyl (C=O) groups excluding carboxylic acids is 3. The summed E-state index contributed by atoms with van der Waals surface area (Å²) in [5.41, 5.74) is 0.557. The molecule has 24 heavy (non-hydrogen) atoms. The highest BCUT2D eigenvalue weighted by Gasteiger charge is 2.36. The average Bonchev–Trinajstić information content (AvgIpc) is 2.80. The molecule has 0 radical (unpaired) electrons. The minimum atomic E-state index is -1.11. The van der Waals surface area contributed by atoms with Gasteiger partial charge in [-0.2, -0.15) is 0 Å². The molecule has 1 aliphatic rings. The van der Waals surface area contributed by atoms with Gasteiger partial charge in [-0.1, -0.05) is 12.1 Å². The van der Waals surface area contributed by atoms with Gasteiger partial charge in [0.1, 0.15) is 12.3 Å². The van der Waals surface area contributed by atoms with Crippen LogP contribution in [0.2, 0.25) is 0 Å². The summed E-state index contributed by atoms with van der Waals surface area (Å²) in [5.74, 6) is -2.07. The summed E-state index contributed by atoms with van der Waals surface area (Å²) in [7, 11) is 1.17. The monoisotopic (exact) mass is 351 g/mol. The van der Waals surface area contributed by atoms with E-state index in [2.05, 4.69) is 4.74 Å². The smallest absolute Gasteiger partial charge is 0.341 e. The van der Waals surface area contributed by atoms with E-state index >= 15 is 0 Å². The first-order chi connectivity index (χ1) is 11.4. The number of esters is 1. The van der Waals surface area contributed by atoms with Crippen molar-refractivity contribution < 1.29 is 33.8 Å². The molecule has 126 valence electrons. The number of amides is 2. The Labute approximate surface area is 141 Å². The first-order valence-electron chi connectivity index (χ1n) is 6.67. The van der Waals surface area contributed by atoms with Crippen molar-refractivity contribution in [1.29, 1.82) is 0 Å². The van der Waals surface area contributed by atoms with Gasteiger partial charge in [0.25, 0.3) is 11.1 Å². The molecule has 0 atom stereocenters. The molecule has 1 aliphatic heterocycles. The fourth-order valence-corrected chi connectivity index (χ4v) is 2.66. The van der Waals surface area contributed by atoms with Gasteiger partial charge < -0.3 is 14.6 Å². The van der Waals surface area contributed by atoms with Crippen molar-refractivity contribution in [3.8, 4) is 5.75 Å². The van der Waals surface area contributed by atoms with Crippen molar-refractivity contribution >= 4 is 40.9 Å². The maximum atomic E-state index is 12.2. The quantitative estimate of drug-likeness (QED) is 0.604. The van der Waals surface area contributed by atoms with E-state index < -0.39 is 36.2 Å². The minimum absolute atomic E-state index is 0.152. The molecule has 1 fully saturated rings. The molecule has 0 spiro atoms. The molecule has 2 amide bonds. The van der Waals surface area contributed by atoms with E-state index in [1.54, 1.807) is 18.2 Å². The molecule has 1 N–H and O–H groups in total. The van der Waals surface area contributed by atoms with Crippen molar-refractivity contribution in [2.45, 2.75) is 0 Å². The Hall–Kier alpha value is -2.81. The molecule has 1 aromatic rings. The van der Waals surface area contributed by atoms with E-state index in [0.717, 1.165) is 4.90 Å². The molecular formula is C15H13NO7S. The van der Waals surface area contributed by atoms with Gasteiger partial charge in [0.05, 0.1) is 12.0 Å². The van der Waals surface area contributed by atoms with Gasteiger partial charge in [0.2, 0.25) is 0 Å². The first-order valence-corrected chi connectivity index (χ1v) is 7.49. The summed E-state index contributed by atoms with van der Waals surface area (Å²) in [4.78, 5) is 46.7. The van der Waals surface area contributed by atoms with Gasteiger partial charge in [-0.05, 0) is 35.5 Å². The molecule has 1 heterocycles. The second kappa shape index (κ2) is 7.64. The van der Waals surface area contributed by atoms with Gasteiger partial charge in [-0.25, -0.2) is 4.79 Å². The van der Waals surface area contributed by atoms with Crippen molar-refractivity contribution in [2.24, 2.45) is 0 Å². The molecule has 1 saturated heterocycles. The Kier molecular flexibility index (Phi) is 5.59. The van der Waals surface area contributed by atoms with Crippen LogP contribution in [-0.2, 0) is 19.1 Å². The maximum absolute atomic E-state index is 12.2. The van der Waals surface area contributed by atoms with Crippen LogP contribution >= 0.6 is 11.8 Å². The summed E-state index contributed by atoms with van der Waals surface area (Å²) in [5, 5.41) is 8.03. The zero-order chi connectivity index (χ0) is 17.7. The van der Waals surface area contributed by atoms with E-state index in [1.165, 1.54) is 19.3 Å². The van der Waals surface area contributed by atoms with E-state index in [-0.39, 0.29) is 4.91 Å². The zero-order valence-electron chi connectivity index (χ0n) is 12.6. The second-order valence-electron chi connectivity index (χ2n) is 4.60. The predicted octanol–water partition coefficient (Wildman–Crippen LogP) is 1.36. The van der Waals surface area contributed by atoms with Crippen LogP contribution in [-0.4, -0.2) is 53.4 Å². The molecule has 0 saturated carbocycles. The van der Waals surface area contributed by atoms with Crippen molar-refractivity contribution in [3.05, 3.63) is 34.7 Å². The Balaban J connectivity index is 2.15. The van der Waals surface area contributed by atoms with E-state index in [1.807, 2.05) is 0 Å². The molecule has 8 nitrogen and oxygen atoms in total. The number of methoxy groups -OCH3 is 1. The number of rotatable bonds is 6. The lowest BCUT2D eigenvalue weighted by atomic mass is 10.2. The molecular weight excluding hydrogens is 338 g/mol. The van der Waals surface area contributed by atoms with Crippen LogP contribution in [0.15, 0.2) is 29.2 Å². The lowest BCUT2D eigenvalue weighted by Crippen LogP contribution is -2.34. The first kappa shape index (κ1) is 17.5. The van der Waals surface area contributed by atoms with Crippen LogP contribution in [0.5, 0.6) is 5.75 Å². The number of carbonyl (C=O) groups is 4. The number of hydrogen-bond donors (Lipinski definition) is 1. The summed E-state index contributed by atoms with van der Waals surface area (Å²) in [6.45, 7) is -0.931. The van der Waals surface area contributed by atoms with Crippen LogP contribution in [0.4, 0.5) is 4.79 Å². The minimum Gasteiger partial charge on any atom is -0.482 e. The summed E-state index contributed by atoms with van der Waals surface area (Å²) in [6, 6.07) is 6.41. The van der Waals surface area contributed by atoms with E-state index in [0.29, 0.717) is 23.1 Å². The number of imide groups is 1. The third-order valence-corrected chi connectivity index (χ3v) is 3.81. The van der Waals surface area contributed by atoms with Crippen LogP contribution in [0.25, 0.3) is 6.08 Å². The van der Waals surface area contributed by atoms with Crippen molar-refractivity contribution in [3.63, 3.8) is 0 Å². The molecule has 0 unspecified atom stereocenters. The van der Waals surface area contributed by atoms with Crippen LogP contribution in [0, 0.1) is 0 Å². The third kappa shape index (κ3) is 4.35. The predicted molar refractivity (Wildman–Crippen MR) is 84.3 cm³/mol. The maximum Gasteiger partial charge on any atom is 0.341 e. The Morgan fingerprint density at radius 2 is 2.08 bits per heavy atom. The number of aliphatic carboxylic acids is 1. The Morgan fingerprint density at radius 1 is 1.33 bits per heavy atom. The van der Waals surface area contributed by atoms with Crippen LogP contribution < -0.4 is 4.74 Å². The van der Waals surface area contributed by atoms with Crippen LogP contribution in [0.1, 0.15) is 5.56 Å². The molecule has 1 aromatic carbocycles. The molecule has 0 aliphatic carbocycles. The van der Waals surface area contributed by atoms with Gasteiger partial charge in [-0.3, -0.25) is 19.3 Å². The van der Waals surface area contributed by atoms with Crippen LogP contribution in [0.3, 0.4) is 0 Å². The van der Waals surface area contributed by atoms with Gasteiger partial charge in [0.15, 0.2) is 6.61 Å². The number of carboxylic acids is 1. The lowest BCUT2D eigenvalue weighted by Gasteiger charge is -2.09. The molecule has 0 aromatic heterocycles. The number of nitrogens with zero attached hydrogens (tertiary/aromatic N) is 1. The lowest BCUT2D eigenvalue weighted by molar-refractivity contribution is -0.143.